The van der Waals surface area contributed by atoms with Crippen molar-refractivity contribution in [3.8, 4) is 0 Å². The van der Waals surface area contributed by atoms with Gasteiger partial charge in [0.25, 0.3) is 0 Å². The zero-order chi connectivity index (χ0) is 18.7. The first-order valence-electron chi connectivity index (χ1n) is 7.78. The van der Waals surface area contributed by atoms with Crippen LogP contribution in [0.1, 0.15) is 72.1 Å². The van der Waals surface area contributed by atoms with Crippen molar-refractivity contribution in [3.05, 3.63) is 0 Å². The number of aliphatic hydroxyl groups is 1. The Hall–Kier alpha value is -1.05. The second-order valence-electron chi connectivity index (χ2n) is 4.75. The van der Waals surface area contributed by atoms with Crippen molar-refractivity contribution >= 4 is 23.5 Å². The van der Waals surface area contributed by atoms with E-state index in [2.05, 4.69) is 6.92 Å². The number of aliphatic carboxylic acids is 2. The fourth-order valence-electron chi connectivity index (χ4n) is 1.21. The first-order chi connectivity index (χ1) is 10.7. The molecular weight excluding hydrogens is 352 g/mol. The second kappa shape index (κ2) is 24.2. The van der Waals surface area contributed by atoms with Crippen LogP contribution in [0.15, 0.2) is 0 Å². The Morgan fingerprint density at radius 2 is 1.08 bits per heavy atom. The van der Waals surface area contributed by atoms with Crippen molar-refractivity contribution in [2.45, 2.75) is 72.1 Å². The number of hydrogen-bond donors (Lipinski definition) is 1. The van der Waals surface area contributed by atoms with E-state index in [9.17, 15) is 29.4 Å². The fourth-order valence-corrected chi connectivity index (χ4v) is 1.21. The SMILES string of the molecule is CCCC(=O)CC(=O)[O-].CCCC(=O)CC(=O)[O-].CCCCO.[Ti+2]. The van der Waals surface area contributed by atoms with Crippen LogP contribution in [-0.2, 0) is 40.9 Å². The molecule has 0 radical (unpaired) electrons. The molecule has 0 saturated carbocycles. The van der Waals surface area contributed by atoms with Gasteiger partial charge in [-0.15, -0.1) is 0 Å². The number of unbranched alkanes of at least 4 members (excludes halogenated alkanes) is 1. The van der Waals surface area contributed by atoms with Crippen LogP contribution in [0, 0.1) is 0 Å². The zero-order valence-corrected chi connectivity index (χ0v) is 16.3. The molecule has 0 aliphatic heterocycles. The van der Waals surface area contributed by atoms with Gasteiger partial charge >= 0.3 is 21.7 Å². The smallest absolute Gasteiger partial charge is 0.550 e. The Morgan fingerprint density at radius 3 is 1.21 bits per heavy atom. The predicted molar refractivity (Wildman–Crippen MR) is 81.1 cm³/mol. The predicted octanol–water partition coefficient (Wildman–Crippen LogP) is -0.232. The van der Waals surface area contributed by atoms with Crippen LogP contribution in [0.2, 0.25) is 0 Å². The van der Waals surface area contributed by atoms with Gasteiger partial charge in [-0.05, 0) is 19.3 Å². The summed E-state index contributed by atoms with van der Waals surface area (Å²) in [5, 5.41) is 27.6. The molecule has 24 heavy (non-hydrogen) atoms. The molecule has 0 aromatic carbocycles. The number of Topliss-reactive ketones (excluding diaryl/α,β-unsaturated/α-hetero) is 2. The van der Waals surface area contributed by atoms with Gasteiger partial charge in [0.05, 0.1) is 0 Å². The number of carbonyl (C=O) groups excluding carboxylic acids is 4. The second-order valence-corrected chi connectivity index (χ2v) is 4.75. The molecule has 0 amide bonds. The van der Waals surface area contributed by atoms with Gasteiger partial charge in [0.2, 0.25) is 0 Å². The molecule has 0 aromatic heterocycles. The van der Waals surface area contributed by atoms with Crippen LogP contribution >= 0.6 is 0 Å². The van der Waals surface area contributed by atoms with Crippen molar-refractivity contribution in [2.75, 3.05) is 6.61 Å². The number of carboxylic acid groups (broad SMARTS) is 2. The molecule has 0 rings (SSSR count). The minimum absolute atomic E-state index is 0. The molecule has 8 heteroatoms. The summed E-state index contributed by atoms with van der Waals surface area (Å²) in [6, 6.07) is 0. The molecule has 0 atom stereocenters. The van der Waals surface area contributed by atoms with Crippen molar-refractivity contribution < 1.29 is 56.2 Å². The van der Waals surface area contributed by atoms with E-state index in [0.29, 0.717) is 32.3 Å². The van der Waals surface area contributed by atoms with Crippen LogP contribution in [0.5, 0.6) is 0 Å². The van der Waals surface area contributed by atoms with E-state index < -0.39 is 24.8 Å². The molecule has 1 N–H and O–H groups in total. The normalized spacial score (nSPS) is 8.50. The summed E-state index contributed by atoms with van der Waals surface area (Å²) in [6.45, 7) is 6.05. The number of hydrogen-bond acceptors (Lipinski definition) is 7. The Morgan fingerprint density at radius 1 is 0.750 bits per heavy atom. The van der Waals surface area contributed by atoms with E-state index in [4.69, 9.17) is 5.11 Å². The van der Waals surface area contributed by atoms with Crippen LogP contribution < -0.4 is 10.2 Å². The van der Waals surface area contributed by atoms with Gasteiger partial charge < -0.3 is 24.9 Å². The van der Waals surface area contributed by atoms with Gasteiger partial charge in [-0.2, -0.15) is 0 Å². The van der Waals surface area contributed by atoms with Crippen molar-refractivity contribution in [3.63, 3.8) is 0 Å². The summed E-state index contributed by atoms with van der Waals surface area (Å²) in [6.07, 6.45) is 3.25. The van der Waals surface area contributed by atoms with Gasteiger partial charge in [-0.25, -0.2) is 0 Å². The first-order valence-corrected chi connectivity index (χ1v) is 7.78. The maximum atomic E-state index is 10.4. The molecule has 0 bridgehead atoms. The number of rotatable bonds is 10. The van der Waals surface area contributed by atoms with E-state index in [1.54, 1.807) is 0 Å². The standard InChI is InChI=1S/2C6H10O3.C4H10O.Ti/c2*1-2-3-5(7)4-6(8)9;1-2-3-4-5;/h2*2-4H2,1H3,(H,8,9);5H,2-4H2,1H3;/q;;;+2/p-2. The Labute approximate surface area is 158 Å². The molecule has 138 valence electrons. The molecule has 0 fully saturated rings. The van der Waals surface area contributed by atoms with Crippen molar-refractivity contribution in [1.82, 2.24) is 0 Å². The van der Waals surface area contributed by atoms with Gasteiger partial charge in [-0.1, -0.05) is 27.2 Å². The van der Waals surface area contributed by atoms with Crippen LogP contribution in [0.4, 0.5) is 0 Å². The topological polar surface area (TPSA) is 135 Å². The van der Waals surface area contributed by atoms with E-state index in [1.165, 1.54) is 0 Å². The van der Waals surface area contributed by atoms with E-state index >= 15 is 0 Å². The van der Waals surface area contributed by atoms with Crippen molar-refractivity contribution in [1.29, 1.82) is 0 Å². The summed E-state index contributed by atoms with van der Waals surface area (Å²) >= 11 is 0. The number of carboxylic acids is 2. The monoisotopic (exact) mass is 380 g/mol. The minimum Gasteiger partial charge on any atom is -0.550 e. The Kier molecular flexibility index (Phi) is 31.1. The van der Waals surface area contributed by atoms with Gasteiger partial charge in [0.15, 0.2) is 0 Å². The minimum atomic E-state index is -1.28. The van der Waals surface area contributed by atoms with Gasteiger partial charge in [0, 0.05) is 44.2 Å². The zero-order valence-electron chi connectivity index (χ0n) is 14.8. The third kappa shape index (κ3) is 37.3. The summed E-state index contributed by atoms with van der Waals surface area (Å²) < 4.78 is 0. The van der Waals surface area contributed by atoms with E-state index in [1.807, 2.05) is 13.8 Å². The Balaban J connectivity index is -0.000000128. The largest absolute Gasteiger partial charge is 2.00 e. The molecule has 7 nitrogen and oxygen atoms in total. The summed E-state index contributed by atoms with van der Waals surface area (Å²) in [5.74, 6) is -3.07. The molecule has 0 aliphatic carbocycles. The number of ketones is 2. The molecule has 0 heterocycles. The van der Waals surface area contributed by atoms with Crippen molar-refractivity contribution in [2.24, 2.45) is 0 Å². The molecule has 0 saturated heterocycles. The maximum Gasteiger partial charge on any atom is 2.00 e. The average Bonchev–Trinajstić information content (AvgIpc) is 2.39. The molecule has 0 aliphatic rings. The third-order valence-corrected chi connectivity index (χ3v) is 2.25. The summed E-state index contributed by atoms with van der Waals surface area (Å²) in [7, 11) is 0. The molecule has 0 spiro atoms. The summed E-state index contributed by atoms with van der Waals surface area (Å²) in [5.41, 5.74) is 0. The quantitative estimate of drug-likeness (QED) is 0.408. The van der Waals surface area contributed by atoms with E-state index in [-0.39, 0.29) is 33.3 Å². The Bertz CT molecular complexity index is 311. The number of aliphatic hydroxyl groups excluding tert-OH is 1. The van der Waals surface area contributed by atoms with Gasteiger partial charge in [0.1, 0.15) is 11.6 Å². The fraction of sp³-hybridized carbons (Fsp3) is 0.750. The van der Waals surface area contributed by atoms with Crippen LogP contribution in [0.25, 0.3) is 0 Å². The maximum absolute atomic E-state index is 10.4. The molecule has 0 unspecified atom stereocenters. The first kappa shape index (κ1) is 30.8. The molecule has 0 aromatic rings. The van der Waals surface area contributed by atoms with E-state index in [0.717, 1.165) is 12.8 Å². The van der Waals surface area contributed by atoms with Crippen LogP contribution in [-0.4, -0.2) is 35.2 Å². The average molecular weight is 380 g/mol. The third-order valence-electron chi connectivity index (χ3n) is 2.25. The van der Waals surface area contributed by atoms with Gasteiger partial charge in [-0.3, -0.25) is 9.59 Å². The van der Waals surface area contributed by atoms with Crippen LogP contribution in [0.3, 0.4) is 0 Å². The molecular formula is C16H28O7Ti. The summed E-state index contributed by atoms with van der Waals surface area (Å²) in [4.78, 5) is 40.4. The number of carbonyl (C=O) groups is 4.